The van der Waals surface area contributed by atoms with E-state index >= 15 is 0 Å². The normalized spacial score (nSPS) is 14.5. The average molecular weight is 389 g/mol. The zero-order chi connectivity index (χ0) is 19.8. The highest BCUT2D eigenvalue weighted by Crippen LogP contribution is 2.28. The van der Waals surface area contributed by atoms with Gasteiger partial charge in [-0.15, -0.1) is 0 Å². The summed E-state index contributed by atoms with van der Waals surface area (Å²) in [5.74, 6) is 0.531. The van der Waals surface area contributed by atoms with E-state index < -0.39 is 0 Å². The van der Waals surface area contributed by atoms with Crippen molar-refractivity contribution in [2.75, 3.05) is 31.1 Å². The molecule has 8 heteroatoms. The van der Waals surface area contributed by atoms with E-state index in [1.54, 1.807) is 36.9 Å². The molecule has 5 heterocycles. The van der Waals surface area contributed by atoms with Gasteiger partial charge in [0.25, 0.3) is 11.6 Å². The number of amides is 1. The molecule has 0 saturated carbocycles. The minimum Gasteiger partial charge on any atom is -0.463 e. The molecule has 1 saturated heterocycles. The smallest absolute Gasteiger partial charge is 0.259 e. The number of pyridine rings is 2. The van der Waals surface area contributed by atoms with E-state index in [1.807, 2.05) is 24.0 Å². The van der Waals surface area contributed by atoms with Crippen LogP contribution in [0.3, 0.4) is 0 Å². The Kier molecular flexibility index (Phi) is 4.23. The van der Waals surface area contributed by atoms with Crippen LogP contribution in [-0.2, 0) is 0 Å². The summed E-state index contributed by atoms with van der Waals surface area (Å²) in [5, 5.41) is 4.66. The minimum absolute atomic E-state index is 0.0501. The van der Waals surface area contributed by atoms with Gasteiger partial charge in [0.2, 0.25) is 0 Å². The zero-order valence-corrected chi connectivity index (χ0v) is 15.9. The standard InChI is InChI=1S/C21H19N5O3/c1-14-19-16(13-17(18-3-2-12-28-18)23-20(19)29-24-14)21(27)26-10-8-25(9-11-26)15-4-6-22-7-5-15/h2-7,12-13H,8-11H2,1H3. The molecule has 1 aliphatic rings. The lowest BCUT2D eigenvalue weighted by Crippen LogP contribution is -2.48. The molecule has 0 atom stereocenters. The lowest BCUT2D eigenvalue weighted by molar-refractivity contribution is 0.0748. The predicted molar refractivity (Wildman–Crippen MR) is 107 cm³/mol. The number of furan rings is 1. The molecule has 4 aromatic rings. The molecule has 0 unspecified atom stereocenters. The summed E-state index contributed by atoms with van der Waals surface area (Å²) in [4.78, 5) is 26.1. The van der Waals surface area contributed by atoms with Crippen molar-refractivity contribution in [2.45, 2.75) is 6.92 Å². The van der Waals surface area contributed by atoms with Gasteiger partial charge < -0.3 is 18.7 Å². The monoisotopic (exact) mass is 389 g/mol. The zero-order valence-electron chi connectivity index (χ0n) is 15.9. The quantitative estimate of drug-likeness (QED) is 0.532. The second-order valence-electron chi connectivity index (χ2n) is 6.97. The molecule has 1 amide bonds. The number of nitrogens with zero attached hydrogens (tertiary/aromatic N) is 5. The van der Waals surface area contributed by atoms with Gasteiger partial charge in [-0.05, 0) is 37.3 Å². The summed E-state index contributed by atoms with van der Waals surface area (Å²) in [6.45, 7) is 4.60. The van der Waals surface area contributed by atoms with E-state index in [2.05, 4.69) is 20.0 Å². The summed E-state index contributed by atoms with van der Waals surface area (Å²) >= 11 is 0. The van der Waals surface area contributed by atoms with Crippen molar-refractivity contribution in [3.05, 3.63) is 60.2 Å². The maximum Gasteiger partial charge on any atom is 0.259 e. The predicted octanol–water partition coefficient (Wildman–Crippen LogP) is 3.15. The molecule has 0 radical (unpaired) electrons. The van der Waals surface area contributed by atoms with Gasteiger partial charge in [-0.3, -0.25) is 9.78 Å². The number of rotatable bonds is 3. The lowest BCUT2D eigenvalue weighted by Gasteiger charge is -2.36. The fraction of sp³-hybridized carbons (Fsp3) is 0.238. The van der Waals surface area contributed by atoms with E-state index in [9.17, 15) is 4.79 Å². The maximum absolute atomic E-state index is 13.4. The molecular formula is C21H19N5O3. The van der Waals surface area contributed by atoms with Crippen LogP contribution >= 0.6 is 0 Å². The Morgan fingerprint density at radius 1 is 1.10 bits per heavy atom. The SMILES string of the molecule is Cc1noc2nc(-c3ccco3)cc(C(=O)N3CCN(c4ccncc4)CC3)c12. The number of carbonyl (C=O) groups excluding carboxylic acids is 1. The Hall–Kier alpha value is -3.68. The molecule has 1 aliphatic heterocycles. The van der Waals surface area contributed by atoms with Gasteiger partial charge in [-0.1, -0.05) is 5.16 Å². The first-order valence-electron chi connectivity index (χ1n) is 9.46. The summed E-state index contributed by atoms with van der Waals surface area (Å²) in [7, 11) is 0. The fourth-order valence-corrected chi connectivity index (χ4v) is 3.71. The molecule has 0 bridgehead atoms. The second-order valence-corrected chi connectivity index (χ2v) is 6.97. The summed E-state index contributed by atoms with van der Waals surface area (Å²) < 4.78 is 10.8. The van der Waals surface area contributed by atoms with E-state index in [-0.39, 0.29) is 5.91 Å². The third kappa shape index (κ3) is 3.12. The van der Waals surface area contributed by atoms with Crippen molar-refractivity contribution < 1.29 is 13.7 Å². The van der Waals surface area contributed by atoms with Crippen LogP contribution in [0.2, 0.25) is 0 Å². The molecule has 0 N–H and O–H groups in total. The molecule has 1 fully saturated rings. The van der Waals surface area contributed by atoms with Gasteiger partial charge >= 0.3 is 0 Å². The number of aromatic nitrogens is 3. The second kappa shape index (κ2) is 7.05. The number of hydrogen-bond acceptors (Lipinski definition) is 7. The largest absolute Gasteiger partial charge is 0.463 e. The van der Waals surface area contributed by atoms with Gasteiger partial charge in [-0.2, -0.15) is 0 Å². The van der Waals surface area contributed by atoms with Crippen molar-refractivity contribution >= 4 is 22.7 Å². The average Bonchev–Trinajstić information content (AvgIpc) is 3.44. The van der Waals surface area contributed by atoms with E-state index in [0.717, 1.165) is 18.8 Å². The molecular weight excluding hydrogens is 370 g/mol. The molecule has 0 spiro atoms. The number of fused-ring (bicyclic) bond motifs is 1. The molecule has 0 aliphatic carbocycles. The van der Waals surface area contributed by atoms with Crippen LogP contribution in [0, 0.1) is 6.92 Å². The molecule has 146 valence electrons. The number of hydrogen-bond donors (Lipinski definition) is 0. The Morgan fingerprint density at radius 2 is 1.90 bits per heavy atom. The van der Waals surface area contributed by atoms with E-state index in [0.29, 0.717) is 46.9 Å². The number of piperazine rings is 1. The lowest BCUT2D eigenvalue weighted by atomic mass is 10.1. The number of carbonyl (C=O) groups is 1. The first-order chi connectivity index (χ1) is 14.2. The Balaban J connectivity index is 1.44. The Bertz CT molecular complexity index is 1150. The van der Waals surface area contributed by atoms with E-state index in [1.165, 1.54) is 0 Å². The van der Waals surface area contributed by atoms with Gasteiger partial charge in [0.05, 0.1) is 22.9 Å². The number of anilines is 1. The maximum atomic E-state index is 13.4. The number of aryl methyl sites for hydroxylation is 1. The Morgan fingerprint density at radius 3 is 2.62 bits per heavy atom. The first kappa shape index (κ1) is 17.4. The van der Waals surface area contributed by atoms with Crippen LogP contribution < -0.4 is 4.90 Å². The van der Waals surface area contributed by atoms with Crippen LogP contribution in [0.5, 0.6) is 0 Å². The first-order valence-corrected chi connectivity index (χ1v) is 9.46. The van der Waals surface area contributed by atoms with Crippen molar-refractivity contribution in [2.24, 2.45) is 0 Å². The van der Waals surface area contributed by atoms with Crippen LogP contribution in [0.4, 0.5) is 5.69 Å². The van der Waals surface area contributed by atoms with Crippen LogP contribution in [0.25, 0.3) is 22.6 Å². The summed E-state index contributed by atoms with van der Waals surface area (Å²) in [6.07, 6.45) is 5.14. The van der Waals surface area contributed by atoms with Gasteiger partial charge in [0.15, 0.2) is 5.76 Å². The third-order valence-corrected chi connectivity index (χ3v) is 5.22. The van der Waals surface area contributed by atoms with Gasteiger partial charge in [0.1, 0.15) is 5.69 Å². The highest BCUT2D eigenvalue weighted by Gasteiger charge is 2.27. The van der Waals surface area contributed by atoms with Crippen molar-refractivity contribution in [3.8, 4) is 11.5 Å². The Labute approximate surface area is 166 Å². The summed E-state index contributed by atoms with van der Waals surface area (Å²) in [5.41, 5.74) is 3.20. The third-order valence-electron chi connectivity index (χ3n) is 5.22. The van der Waals surface area contributed by atoms with Gasteiger partial charge in [0, 0.05) is 44.3 Å². The minimum atomic E-state index is -0.0501. The molecule has 29 heavy (non-hydrogen) atoms. The van der Waals surface area contributed by atoms with Crippen molar-refractivity contribution in [1.82, 2.24) is 20.0 Å². The van der Waals surface area contributed by atoms with Crippen molar-refractivity contribution in [1.29, 1.82) is 0 Å². The molecule has 4 aromatic heterocycles. The molecule has 5 rings (SSSR count). The van der Waals surface area contributed by atoms with Crippen LogP contribution in [0.15, 0.2) is 57.9 Å². The van der Waals surface area contributed by atoms with Crippen molar-refractivity contribution in [3.63, 3.8) is 0 Å². The highest BCUT2D eigenvalue weighted by atomic mass is 16.5. The van der Waals surface area contributed by atoms with E-state index in [4.69, 9.17) is 8.94 Å². The fourth-order valence-electron chi connectivity index (χ4n) is 3.71. The van der Waals surface area contributed by atoms with Gasteiger partial charge in [-0.25, -0.2) is 4.98 Å². The molecule has 8 nitrogen and oxygen atoms in total. The topological polar surface area (TPSA) is 88.5 Å². The highest BCUT2D eigenvalue weighted by molar-refractivity contribution is 6.07. The van der Waals surface area contributed by atoms with Crippen LogP contribution in [0.1, 0.15) is 16.1 Å². The summed E-state index contributed by atoms with van der Waals surface area (Å²) in [6, 6.07) is 9.33. The van der Waals surface area contributed by atoms with Crippen LogP contribution in [-0.4, -0.2) is 52.1 Å². The molecule has 0 aromatic carbocycles.